The molecule has 5 heterocycles. The van der Waals surface area contributed by atoms with Crippen molar-refractivity contribution in [2.24, 2.45) is 5.92 Å². The van der Waals surface area contributed by atoms with Crippen LogP contribution in [0.4, 0.5) is 5.13 Å². The van der Waals surface area contributed by atoms with Crippen molar-refractivity contribution in [1.82, 2.24) is 19.5 Å². The fraction of sp³-hybridized carbons (Fsp3) is 0.542. The number of methoxy groups -OCH3 is 1. The number of amides is 1. The molecule has 0 saturated carbocycles. The number of aromatic nitrogens is 3. The lowest BCUT2D eigenvalue weighted by atomic mass is 9.95. The Morgan fingerprint density at radius 3 is 2.62 bits per heavy atom. The summed E-state index contributed by atoms with van der Waals surface area (Å²) < 4.78 is 18.7. The van der Waals surface area contributed by atoms with Gasteiger partial charge in [-0.05, 0) is 37.1 Å². The van der Waals surface area contributed by atoms with E-state index in [1.54, 1.807) is 18.4 Å². The minimum Gasteiger partial charge on any atom is -0.497 e. The van der Waals surface area contributed by atoms with Gasteiger partial charge in [0.15, 0.2) is 5.79 Å². The first-order valence-electron chi connectivity index (χ1n) is 11.9. The van der Waals surface area contributed by atoms with Gasteiger partial charge in [-0.3, -0.25) is 4.79 Å². The quantitative estimate of drug-likeness (QED) is 0.564. The van der Waals surface area contributed by atoms with Crippen molar-refractivity contribution in [2.45, 2.75) is 31.5 Å². The Labute approximate surface area is 202 Å². The van der Waals surface area contributed by atoms with E-state index < -0.39 is 5.79 Å². The number of hydrogen-bond acceptors (Lipinski definition) is 8. The zero-order valence-corrected chi connectivity index (χ0v) is 20.1. The predicted molar refractivity (Wildman–Crippen MR) is 128 cm³/mol. The van der Waals surface area contributed by atoms with E-state index in [4.69, 9.17) is 24.3 Å². The molecule has 1 spiro atoms. The van der Waals surface area contributed by atoms with Gasteiger partial charge in [0.25, 0.3) is 0 Å². The summed E-state index contributed by atoms with van der Waals surface area (Å²) in [6, 6.07) is 7.87. The number of carbonyl (C=O) groups excluding carboxylic acids is 1. The van der Waals surface area contributed by atoms with Gasteiger partial charge in [0.1, 0.15) is 5.75 Å². The number of hydrogen-bond donors (Lipinski definition) is 0. The number of ether oxygens (including phenoxy) is 3. The van der Waals surface area contributed by atoms with Crippen LogP contribution in [0.15, 0.2) is 30.5 Å². The molecule has 0 aliphatic carbocycles. The van der Waals surface area contributed by atoms with Gasteiger partial charge < -0.3 is 24.0 Å². The molecular weight excluding hydrogens is 454 g/mol. The van der Waals surface area contributed by atoms with Crippen LogP contribution in [0.25, 0.3) is 16.2 Å². The monoisotopic (exact) mass is 483 g/mol. The van der Waals surface area contributed by atoms with E-state index in [2.05, 4.69) is 4.90 Å². The molecule has 180 valence electrons. The van der Waals surface area contributed by atoms with E-state index in [-0.39, 0.29) is 11.8 Å². The predicted octanol–water partition coefficient (Wildman–Crippen LogP) is 3.05. The van der Waals surface area contributed by atoms with Crippen molar-refractivity contribution < 1.29 is 19.0 Å². The molecule has 10 heteroatoms. The second-order valence-corrected chi connectivity index (χ2v) is 10.1. The molecule has 0 N–H and O–H groups in total. The summed E-state index contributed by atoms with van der Waals surface area (Å²) in [4.78, 5) is 23.1. The van der Waals surface area contributed by atoms with Crippen LogP contribution in [0.2, 0.25) is 0 Å². The van der Waals surface area contributed by atoms with Crippen LogP contribution in [0.1, 0.15) is 25.7 Å². The zero-order chi connectivity index (χ0) is 23.1. The molecular formula is C24H29N5O4S. The number of fused-ring (bicyclic) bond motifs is 1. The van der Waals surface area contributed by atoms with Crippen molar-refractivity contribution in [2.75, 3.05) is 51.4 Å². The maximum atomic E-state index is 13.3. The highest BCUT2D eigenvalue weighted by atomic mass is 32.1. The molecule has 0 radical (unpaired) electrons. The lowest BCUT2D eigenvalue weighted by molar-refractivity contribution is -0.188. The molecule has 1 amide bonds. The van der Waals surface area contributed by atoms with E-state index in [1.807, 2.05) is 39.9 Å². The molecule has 3 aliphatic rings. The smallest absolute Gasteiger partial charge is 0.227 e. The lowest BCUT2D eigenvalue weighted by Crippen LogP contribution is -2.51. The van der Waals surface area contributed by atoms with E-state index in [0.29, 0.717) is 32.8 Å². The van der Waals surface area contributed by atoms with Gasteiger partial charge >= 0.3 is 0 Å². The minimum atomic E-state index is -0.449. The van der Waals surface area contributed by atoms with Crippen LogP contribution in [0.5, 0.6) is 5.75 Å². The van der Waals surface area contributed by atoms with Crippen LogP contribution >= 0.6 is 11.3 Å². The average molecular weight is 484 g/mol. The van der Waals surface area contributed by atoms with E-state index >= 15 is 0 Å². The third-order valence-electron chi connectivity index (χ3n) is 7.11. The number of imidazole rings is 1. The van der Waals surface area contributed by atoms with E-state index in [9.17, 15) is 4.79 Å². The van der Waals surface area contributed by atoms with Crippen LogP contribution in [0, 0.1) is 5.92 Å². The minimum absolute atomic E-state index is 0.000652. The summed E-state index contributed by atoms with van der Waals surface area (Å²) in [6.45, 7) is 4.34. The molecule has 0 bridgehead atoms. The van der Waals surface area contributed by atoms with Crippen molar-refractivity contribution in [3.63, 3.8) is 0 Å². The highest BCUT2D eigenvalue weighted by Crippen LogP contribution is 2.34. The zero-order valence-electron chi connectivity index (χ0n) is 19.3. The Morgan fingerprint density at radius 1 is 1.15 bits per heavy atom. The fourth-order valence-electron chi connectivity index (χ4n) is 5.18. The standard InChI is InChI=1S/C24H29N5O4S/c1-31-19-6-4-17(5-7-19)20-16-29-22(25-20)34-23(26-29)28-10-2-3-18(15-28)21(30)27-11-8-24(9-12-27)32-13-14-33-24/h4-7,16,18H,2-3,8-15H2,1H3/t18-/m0/s1. The average Bonchev–Trinajstić information content (AvgIpc) is 3.60. The largest absolute Gasteiger partial charge is 0.497 e. The molecule has 34 heavy (non-hydrogen) atoms. The molecule has 0 unspecified atom stereocenters. The number of piperidine rings is 2. The summed E-state index contributed by atoms with van der Waals surface area (Å²) >= 11 is 1.57. The molecule has 3 fully saturated rings. The molecule has 6 rings (SSSR count). The van der Waals surface area contributed by atoms with Gasteiger partial charge in [-0.25, -0.2) is 9.50 Å². The molecule has 3 saturated heterocycles. The van der Waals surface area contributed by atoms with E-state index in [0.717, 1.165) is 59.3 Å². The third-order valence-corrected chi connectivity index (χ3v) is 8.09. The van der Waals surface area contributed by atoms with Gasteiger partial charge in [0, 0.05) is 44.6 Å². The number of likely N-dealkylation sites (tertiary alicyclic amines) is 1. The highest BCUT2D eigenvalue weighted by molar-refractivity contribution is 7.20. The highest BCUT2D eigenvalue weighted by Gasteiger charge is 2.42. The van der Waals surface area contributed by atoms with Gasteiger partial charge in [-0.15, -0.1) is 5.10 Å². The molecule has 2 aromatic heterocycles. The first-order chi connectivity index (χ1) is 16.6. The Morgan fingerprint density at radius 2 is 1.91 bits per heavy atom. The van der Waals surface area contributed by atoms with E-state index in [1.165, 1.54) is 0 Å². The number of anilines is 1. The first-order valence-corrected chi connectivity index (χ1v) is 12.8. The maximum absolute atomic E-state index is 13.3. The molecule has 3 aliphatic heterocycles. The van der Waals surface area contributed by atoms with Crippen LogP contribution in [-0.4, -0.2) is 77.7 Å². The SMILES string of the molecule is COc1ccc(-c2cn3nc(N4CCC[C@H](C(=O)N5CCC6(CC5)OCCO6)C4)sc3n2)cc1. The molecule has 1 atom stereocenters. The number of nitrogens with zero attached hydrogens (tertiary/aromatic N) is 5. The van der Waals surface area contributed by atoms with Gasteiger partial charge in [-0.1, -0.05) is 11.3 Å². The second-order valence-electron chi connectivity index (χ2n) is 9.18. The Balaban J connectivity index is 1.12. The van der Waals surface area contributed by atoms with Crippen molar-refractivity contribution >= 4 is 27.3 Å². The summed E-state index contributed by atoms with van der Waals surface area (Å²) in [5, 5.41) is 5.71. The lowest BCUT2D eigenvalue weighted by Gasteiger charge is -2.40. The third kappa shape index (κ3) is 4.03. The van der Waals surface area contributed by atoms with Crippen LogP contribution in [-0.2, 0) is 14.3 Å². The molecule has 3 aromatic rings. The van der Waals surface area contributed by atoms with Gasteiger partial charge in [-0.2, -0.15) is 0 Å². The summed E-state index contributed by atoms with van der Waals surface area (Å²) in [5.74, 6) is 0.624. The number of benzene rings is 1. The number of carbonyl (C=O) groups is 1. The number of rotatable bonds is 4. The van der Waals surface area contributed by atoms with Gasteiger partial charge in [0.05, 0.1) is 38.1 Å². The van der Waals surface area contributed by atoms with Crippen molar-refractivity contribution in [3.8, 4) is 17.0 Å². The van der Waals surface area contributed by atoms with Gasteiger partial charge in [0.2, 0.25) is 16.0 Å². The Hall–Kier alpha value is -2.69. The van der Waals surface area contributed by atoms with Crippen LogP contribution in [0.3, 0.4) is 0 Å². The topological polar surface area (TPSA) is 81.4 Å². The molecule has 1 aromatic carbocycles. The first kappa shape index (κ1) is 21.8. The Kier molecular flexibility index (Phi) is 5.66. The maximum Gasteiger partial charge on any atom is 0.227 e. The van der Waals surface area contributed by atoms with Crippen LogP contribution < -0.4 is 9.64 Å². The second kappa shape index (κ2) is 8.83. The summed E-state index contributed by atoms with van der Waals surface area (Å²) in [5.41, 5.74) is 1.91. The fourth-order valence-corrected chi connectivity index (χ4v) is 6.10. The Bertz CT molecular complexity index is 1130. The normalized spacial score (nSPS) is 22.6. The molecule has 9 nitrogen and oxygen atoms in total. The van der Waals surface area contributed by atoms with Crippen molar-refractivity contribution in [3.05, 3.63) is 30.5 Å². The summed E-state index contributed by atoms with van der Waals surface area (Å²) in [7, 11) is 1.66. The summed E-state index contributed by atoms with van der Waals surface area (Å²) in [6.07, 6.45) is 5.39. The van der Waals surface area contributed by atoms with Crippen molar-refractivity contribution in [1.29, 1.82) is 0 Å².